The summed E-state index contributed by atoms with van der Waals surface area (Å²) in [5, 5.41) is 4.07. The highest BCUT2D eigenvalue weighted by atomic mass is 16.5. The summed E-state index contributed by atoms with van der Waals surface area (Å²) in [6.07, 6.45) is 0. The molecule has 2 aliphatic rings. The Balaban J connectivity index is 1.43. The van der Waals surface area contributed by atoms with E-state index in [1.165, 1.54) is 0 Å². The van der Waals surface area contributed by atoms with E-state index >= 15 is 0 Å². The fourth-order valence-corrected chi connectivity index (χ4v) is 3.02. The minimum atomic E-state index is -0.105. The molecule has 8 nitrogen and oxygen atoms in total. The van der Waals surface area contributed by atoms with Gasteiger partial charge < -0.3 is 14.2 Å². The summed E-state index contributed by atoms with van der Waals surface area (Å²) in [7, 11) is 0. The minimum absolute atomic E-state index is 0.105. The summed E-state index contributed by atoms with van der Waals surface area (Å²) in [5.41, 5.74) is -0.105. The zero-order valence-corrected chi connectivity index (χ0v) is 15.5. The molecule has 0 aromatic carbocycles. The lowest BCUT2D eigenvalue weighted by Crippen LogP contribution is -2.52. The van der Waals surface area contributed by atoms with Crippen LogP contribution >= 0.6 is 0 Å². The van der Waals surface area contributed by atoms with E-state index in [0.29, 0.717) is 19.0 Å². The molecule has 0 unspecified atom stereocenters. The van der Waals surface area contributed by atoms with Gasteiger partial charge in [0.15, 0.2) is 5.82 Å². The zero-order chi connectivity index (χ0) is 17.9. The van der Waals surface area contributed by atoms with Gasteiger partial charge in [-0.2, -0.15) is 4.98 Å². The Bertz CT molecular complexity index is 569. The fourth-order valence-electron chi connectivity index (χ4n) is 3.02. The second kappa shape index (κ2) is 7.80. The summed E-state index contributed by atoms with van der Waals surface area (Å²) in [4.78, 5) is 23.3. The topological polar surface area (TPSA) is 74.9 Å². The molecule has 25 heavy (non-hydrogen) atoms. The molecule has 0 atom stereocenters. The zero-order valence-electron chi connectivity index (χ0n) is 15.5. The van der Waals surface area contributed by atoms with Crippen LogP contribution in [0.4, 0.5) is 0 Å². The number of morpholine rings is 1. The molecule has 3 heterocycles. The molecule has 2 saturated heterocycles. The number of rotatable bonds is 4. The smallest absolute Gasteiger partial charge is 0.240 e. The Morgan fingerprint density at radius 2 is 1.72 bits per heavy atom. The van der Waals surface area contributed by atoms with E-state index in [9.17, 15) is 4.79 Å². The Morgan fingerprint density at radius 1 is 1.04 bits per heavy atom. The van der Waals surface area contributed by atoms with Gasteiger partial charge in [0.1, 0.15) is 0 Å². The molecular weight excluding hydrogens is 322 g/mol. The largest absolute Gasteiger partial charge is 0.379 e. The third-order valence-electron chi connectivity index (χ3n) is 4.69. The number of hydrogen-bond acceptors (Lipinski definition) is 7. The first-order valence-electron chi connectivity index (χ1n) is 9.05. The molecule has 0 saturated carbocycles. The lowest BCUT2D eigenvalue weighted by Gasteiger charge is -2.35. The predicted molar refractivity (Wildman–Crippen MR) is 92.1 cm³/mol. The van der Waals surface area contributed by atoms with Gasteiger partial charge in [-0.3, -0.25) is 14.6 Å². The van der Waals surface area contributed by atoms with Crippen LogP contribution in [0.5, 0.6) is 0 Å². The summed E-state index contributed by atoms with van der Waals surface area (Å²) in [6, 6.07) is 0. The van der Waals surface area contributed by atoms with Gasteiger partial charge in [0.25, 0.3) is 0 Å². The molecule has 140 valence electrons. The predicted octanol–water partition coefficient (Wildman–Crippen LogP) is 0.344. The average molecular weight is 351 g/mol. The van der Waals surface area contributed by atoms with Crippen molar-refractivity contribution in [1.82, 2.24) is 24.8 Å². The summed E-state index contributed by atoms with van der Waals surface area (Å²) in [5.74, 6) is 1.61. The number of amides is 1. The van der Waals surface area contributed by atoms with E-state index in [-0.39, 0.29) is 11.3 Å². The molecule has 0 aliphatic carbocycles. The first-order valence-corrected chi connectivity index (χ1v) is 9.05. The van der Waals surface area contributed by atoms with Crippen molar-refractivity contribution in [3.05, 3.63) is 11.7 Å². The van der Waals surface area contributed by atoms with Gasteiger partial charge in [0, 0.05) is 44.7 Å². The van der Waals surface area contributed by atoms with Crippen LogP contribution in [0.2, 0.25) is 0 Å². The highest BCUT2D eigenvalue weighted by molar-refractivity contribution is 5.78. The van der Waals surface area contributed by atoms with Crippen LogP contribution in [-0.4, -0.2) is 89.8 Å². The molecule has 1 amide bonds. The van der Waals surface area contributed by atoms with Crippen molar-refractivity contribution >= 4 is 5.91 Å². The first kappa shape index (κ1) is 18.3. The lowest BCUT2D eigenvalue weighted by atomic mass is 9.96. The molecule has 2 aliphatic heterocycles. The first-order chi connectivity index (χ1) is 11.9. The van der Waals surface area contributed by atoms with Crippen LogP contribution in [0.25, 0.3) is 0 Å². The van der Waals surface area contributed by atoms with Crippen LogP contribution in [0.15, 0.2) is 4.52 Å². The van der Waals surface area contributed by atoms with E-state index in [1.54, 1.807) is 0 Å². The van der Waals surface area contributed by atoms with Crippen molar-refractivity contribution in [3.8, 4) is 0 Å². The molecule has 2 fully saturated rings. The number of piperazine rings is 1. The van der Waals surface area contributed by atoms with Crippen molar-refractivity contribution < 1.29 is 14.1 Å². The second-order valence-electron chi connectivity index (χ2n) is 7.81. The number of carbonyl (C=O) groups excluding carboxylic acids is 1. The molecule has 1 aromatic rings. The highest BCUT2D eigenvalue weighted by Gasteiger charge is 2.26. The third-order valence-corrected chi connectivity index (χ3v) is 4.69. The number of nitrogens with zero attached hydrogens (tertiary/aromatic N) is 5. The average Bonchev–Trinajstić information content (AvgIpc) is 3.05. The van der Waals surface area contributed by atoms with Gasteiger partial charge in [-0.15, -0.1) is 0 Å². The van der Waals surface area contributed by atoms with Crippen LogP contribution < -0.4 is 0 Å². The van der Waals surface area contributed by atoms with Gasteiger partial charge in [-0.05, 0) is 0 Å². The molecule has 1 aromatic heterocycles. The minimum Gasteiger partial charge on any atom is -0.379 e. The van der Waals surface area contributed by atoms with Gasteiger partial charge in [-0.25, -0.2) is 0 Å². The summed E-state index contributed by atoms with van der Waals surface area (Å²) in [6.45, 7) is 13.7. The van der Waals surface area contributed by atoms with E-state index in [2.05, 4.69) is 40.7 Å². The Hall–Kier alpha value is -1.51. The molecule has 8 heteroatoms. The van der Waals surface area contributed by atoms with Crippen LogP contribution in [-0.2, 0) is 21.5 Å². The van der Waals surface area contributed by atoms with Crippen LogP contribution in [0.3, 0.4) is 0 Å². The summed E-state index contributed by atoms with van der Waals surface area (Å²) < 4.78 is 10.7. The molecule has 3 rings (SSSR count). The van der Waals surface area contributed by atoms with Crippen LogP contribution in [0, 0.1) is 0 Å². The second-order valence-corrected chi connectivity index (χ2v) is 7.81. The van der Waals surface area contributed by atoms with Crippen molar-refractivity contribution in [2.75, 3.05) is 59.0 Å². The maximum absolute atomic E-state index is 12.4. The molecule has 0 radical (unpaired) electrons. The lowest BCUT2D eigenvalue weighted by molar-refractivity contribution is -0.135. The normalized spacial score (nSPS) is 20.8. The quantitative estimate of drug-likeness (QED) is 0.774. The maximum atomic E-state index is 12.4. The standard InChI is InChI=1S/C17H29N5O3/c1-17(2,3)16-18-14(25-19-16)12-20-4-6-22(7-5-20)15(23)13-21-8-10-24-11-9-21/h4-13H2,1-3H3. The molecule has 0 spiro atoms. The molecular formula is C17H29N5O3. The van der Waals surface area contributed by atoms with E-state index in [1.807, 2.05) is 4.90 Å². The summed E-state index contributed by atoms with van der Waals surface area (Å²) >= 11 is 0. The Morgan fingerprint density at radius 3 is 2.32 bits per heavy atom. The SMILES string of the molecule is CC(C)(C)c1noc(CN2CCN(C(=O)CN3CCOCC3)CC2)n1. The van der Waals surface area contributed by atoms with Gasteiger partial charge >= 0.3 is 0 Å². The third kappa shape index (κ3) is 4.99. The monoisotopic (exact) mass is 351 g/mol. The van der Waals surface area contributed by atoms with Crippen molar-refractivity contribution in [2.45, 2.75) is 32.7 Å². The van der Waals surface area contributed by atoms with E-state index in [4.69, 9.17) is 9.26 Å². The Labute approximate surface area is 149 Å². The van der Waals surface area contributed by atoms with E-state index in [0.717, 1.165) is 58.3 Å². The fraction of sp³-hybridized carbons (Fsp3) is 0.824. The molecule has 0 N–H and O–H groups in total. The van der Waals surface area contributed by atoms with Crippen molar-refractivity contribution in [2.24, 2.45) is 0 Å². The van der Waals surface area contributed by atoms with E-state index < -0.39 is 0 Å². The van der Waals surface area contributed by atoms with Gasteiger partial charge in [0.05, 0.1) is 26.3 Å². The molecule has 0 bridgehead atoms. The van der Waals surface area contributed by atoms with Crippen molar-refractivity contribution in [3.63, 3.8) is 0 Å². The number of hydrogen-bond donors (Lipinski definition) is 0. The van der Waals surface area contributed by atoms with Crippen molar-refractivity contribution in [1.29, 1.82) is 0 Å². The Kier molecular flexibility index (Phi) is 5.71. The number of ether oxygens (including phenoxy) is 1. The highest BCUT2D eigenvalue weighted by Crippen LogP contribution is 2.19. The van der Waals surface area contributed by atoms with Gasteiger partial charge in [0.2, 0.25) is 11.8 Å². The number of carbonyl (C=O) groups is 1. The number of aromatic nitrogens is 2. The van der Waals surface area contributed by atoms with Crippen LogP contribution in [0.1, 0.15) is 32.5 Å². The van der Waals surface area contributed by atoms with Gasteiger partial charge in [-0.1, -0.05) is 25.9 Å². The maximum Gasteiger partial charge on any atom is 0.240 e.